The summed E-state index contributed by atoms with van der Waals surface area (Å²) in [6.07, 6.45) is 20.4. The van der Waals surface area contributed by atoms with Gasteiger partial charge in [-0.1, -0.05) is 218 Å². The predicted octanol–water partition coefficient (Wildman–Crippen LogP) is 11.9. The summed E-state index contributed by atoms with van der Waals surface area (Å²) in [6, 6.07) is 58.7. The Hall–Kier alpha value is -5.91. The molecular formula is C51H42O3Pd2+2. The first-order valence-corrected chi connectivity index (χ1v) is 17.5. The van der Waals surface area contributed by atoms with Gasteiger partial charge in [-0.2, -0.15) is 0 Å². The third-order valence-corrected chi connectivity index (χ3v) is 7.44. The molecule has 0 aliphatic rings. The first kappa shape index (κ1) is 46.2. The van der Waals surface area contributed by atoms with Crippen molar-refractivity contribution < 1.29 is 55.2 Å². The Bertz CT molecular complexity index is 1760. The third kappa shape index (κ3) is 20.5. The Morgan fingerprint density at radius 1 is 0.232 bits per heavy atom. The van der Waals surface area contributed by atoms with Crippen molar-refractivity contribution in [2.45, 2.75) is 0 Å². The van der Waals surface area contributed by atoms with Gasteiger partial charge in [0.1, 0.15) is 0 Å². The van der Waals surface area contributed by atoms with E-state index in [-0.39, 0.29) is 58.2 Å². The second-order valence-electron chi connectivity index (χ2n) is 11.7. The molecule has 0 unspecified atom stereocenters. The van der Waals surface area contributed by atoms with Crippen LogP contribution in [0, 0.1) is 0 Å². The zero-order valence-corrected chi connectivity index (χ0v) is 33.7. The Balaban J connectivity index is 0.000000285. The van der Waals surface area contributed by atoms with Gasteiger partial charge in [0.25, 0.3) is 0 Å². The fourth-order valence-corrected chi connectivity index (χ4v) is 4.62. The zero-order chi connectivity index (χ0) is 37.9. The van der Waals surface area contributed by atoms with Crippen LogP contribution in [0.4, 0.5) is 0 Å². The second kappa shape index (κ2) is 28.5. The van der Waals surface area contributed by atoms with Crippen molar-refractivity contribution >= 4 is 53.8 Å². The minimum Gasteiger partial charge on any atom is -0.290 e. The van der Waals surface area contributed by atoms with Gasteiger partial charge >= 0.3 is 40.8 Å². The number of carbonyl (C=O) groups is 3. The van der Waals surface area contributed by atoms with Gasteiger partial charge in [-0.25, -0.2) is 0 Å². The van der Waals surface area contributed by atoms with Crippen LogP contribution in [0.5, 0.6) is 0 Å². The number of benzene rings is 6. The molecule has 0 amide bonds. The molecule has 6 aromatic rings. The number of rotatable bonds is 12. The minimum atomic E-state index is -0.0114. The summed E-state index contributed by atoms with van der Waals surface area (Å²) in [5.41, 5.74) is 6.16. The largest absolute Gasteiger partial charge is 1.00 e. The van der Waals surface area contributed by atoms with Gasteiger partial charge in [0.2, 0.25) is 0 Å². The zero-order valence-electron chi connectivity index (χ0n) is 30.6. The molecule has 0 fully saturated rings. The van der Waals surface area contributed by atoms with Gasteiger partial charge in [-0.3, -0.25) is 14.4 Å². The molecular weight excluding hydrogens is 873 g/mol. The Morgan fingerprint density at radius 2 is 0.357 bits per heavy atom. The van der Waals surface area contributed by atoms with Crippen molar-refractivity contribution in [3.63, 3.8) is 0 Å². The number of hydrogen-bond acceptors (Lipinski definition) is 3. The van der Waals surface area contributed by atoms with Crippen LogP contribution in [0.3, 0.4) is 0 Å². The molecule has 2 radical (unpaired) electrons. The number of ketones is 3. The number of hydrogen-bond donors (Lipinski definition) is 0. The smallest absolute Gasteiger partial charge is 0.290 e. The van der Waals surface area contributed by atoms with Gasteiger partial charge in [-0.15, -0.1) is 0 Å². The van der Waals surface area contributed by atoms with E-state index in [9.17, 15) is 14.4 Å². The molecule has 282 valence electrons. The van der Waals surface area contributed by atoms with Gasteiger partial charge < -0.3 is 0 Å². The first-order chi connectivity index (χ1) is 26.5. The maximum atomic E-state index is 11.6. The minimum absolute atomic E-state index is 0. The molecule has 0 spiro atoms. The molecule has 6 rings (SSSR count). The molecule has 0 bridgehead atoms. The van der Waals surface area contributed by atoms with Crippen LogP contribution in [0.1, 0.15) is 33.4 Å². The molecule has 0 aromatic heterocycles. The average molecular weight is 916 g/mol. The van der Waals surface area contributed by atoms with E-state index in [2.05, 4.69) is 0 Å². The first-order valence-electron chi connectivity index (χ1n) is 17.5. The topological polar surface area (TPSA) is 51.2 Å². The molecule has 0 heterocycles. The van der Waals surface area contributed by atoms with Crippen LogP contribution in [-0.4, -0.2) is 17.3 Å². The maximum absolute atomic E-state index is 11.6. The van der Waals surface area contributed by atoms with Crippen molar-refractivity contribution in [3.8, 4) is 0 Å². The van der Waals surface area contributed by atoms with Crippen molar-refractivity contribution in [2.75, 3.05) is 0 Å². The van der Waals surface area contributed by atoms with Crippen molar-refractivity contribution in [3.05, 3.63) is 252 Å². The van der Waals surface area contributed by atoms with Crippen LogP contribution < -0.4 is 0 Å². The fraction of sp³-hybridized carbons (Fsp3) is 0. The summed E-state index contributed by atoms with van der Waals surface area (Å²) >= 11 is 0. The predicted molar refractivity (Wildman–Crippen MR) is 228 cm³/mol. The summed E-state index contributed by atoms with van der Waals surface area (Å²) in [4.78, 5) is 34.8. The number of carbonyl (C=O) groups excluding carboxylic acids is 3. The van der Waals surface area contributed by atoms with Crippen LogP contribution in [0.15, 0.2) is 218 Å². The third-order valence-electron chi connectivity index (χ3n) is 7.44. The quantitative estimate of drug-likeness (QED) is 0.0908. The SMILES string of the molecule is O=C(C=Cc1ccccc1)C=Cc1ccccc1.O=C(C=Cc1ccccc1)C=Cc1ccccc1.O=C(C=Cc1ccccc1)C=Cc1ccccc1.[Pd+].[Pd+]. The van der Waals surface area contributed by atoms with Gasteiger partial charge in [0.05, 0.1) is 0 Å². The molecule has 0 saturated carbocycles. The normalized spacial score (nSPS) is 10.7. The molecule has 0 atom stereocenters. The molecule has 3 nitrogen and oxygen atoms in total. The van der Waals surface area contributed by atoms with Crippen LogP contribution >= 0.6 is 0 Å². The van der Waals surface area contributed by atoms with Crippen LogP contribution in [0.25, 0.3) is 36.5 Å². The molecule has 5 heteroatoms. The number of allylic oxidation sites excluding steroid dienone is 6. The molecule has 56 heavy (non-hydrogen) atoms. The second-order valence-corrected chi connectivity index (χ2v) is 11.7. The van der Waals surface area contributed by atoms with E-state index in [1.54, 1.807) is 36.5 Å². The standard InChI is InChI=1S/3C17H14O.2Pd/c3*18-17(13-11-15-7-3-1-4-8-15)14-12-16-9-5-2-6-10-16;;/h3*1-14H;;/q;;;2*+1. The van der Waals surface area contributed by atoms with Gasteiger partial charge in [-0.05, 0) is 69.8 Å². The van der Waals surface area contributed by atoms with E-state index in [1.165, 1.54) is 0 Å². The van der Waals surface area contributed by atoms with E-state index in [0.29, 0.717) is 0 Å². The average Bonchev–Trinajstić information content (AvgIpc) is 3.24. The fourth-order valence-electron chi connectivity index (χ4n) is 4.62. The molecule has 0 saturated heterocycles. The van der Waals surface area contributed by atoms with Crippen LogP contribution in [0.2, 0.25) is 0 Å². The molecule has 6 aromatic carbocycles. The van der Waals surface area contributed by atoms with Crippen molar-refractivity contribution in [1.82, 2.24) is 0 Å². The monoisotopic (exact) mass is 914 g/mol. The summed E-state index contributed by atoms with van der Waals surface area (Å²) in [6.45, 7) is 0. The van der Waals surface area contributed by atoms with Gasteiger partial charge in [0.15, 0.2) is 17.3 Å². The van der Waals surface area contributed by atoms with E-state index in [4.69, 9.17) is 0 Å². The van der Waals surface area contributed by atoms with E-state index in [1.807, 2.05) is 218 Å². The summed E-state index contributed by atoms with van der Waals surface area (Å²) in [5.74, 6) is -0.0341. The Morgan fingerprint density at radius 3 is 0.482 bits per heavy atom. The molecule has 0 aliphatic carbocycles. The van der Waals surface area contributed by atoms with E-state index in [0.717, 1.165) is 33.4 Å². The Kier molecular flexibility index (Phi) is 23.6. The Labute approximate surface area is 358 Å². The molecule has 0 N–H and O–H groups in total. The van der Waals surface area contributed by atoms with E-state index >= 15 is 0 Å². The van der Waals surface area contributed by atoms with Crippen molar-refractivity contribution in [1.29, 1.82) is 0 Å². The summed E-state index contributed by atoms with van der Waals surface area (Å²) in [7, 11) is 0. The summed E-state index contributed by atoms with van der Waals surface area (Å²) in [5, 5.41) is 0. The summed E-state index contributed by atoms with van der Waals surface area (Å²) < 4.78 is 0. The maximum Gasteiger partial charge on any atom is 1.00 e. The van der Waals surface area contributed by atoms with Gasteiger partial charge in [0, 0.05) is 0 Å². The van der Waals surface area contributed by atoms with Crippen molar-refractivity contribution in [2.24, 2.45) is 0 Å². The molecule has 0 aliphatic heterocycles. The van der Waals surface area contributed by atoms with Crippen LogP contribution in [-0.2, 0) is 55.2 Å². The van der Waals surface area contributed by atoms with E-state index < -0.39 is 0 Å².